The van der Waals surface area contributed by atoms with E-state index in [2.05, 4.69) is 4.72 Å². The molecule has 7 heteroatoms. The van der Waals surface area contributed by atoms with Gasteiger partial charge in [-0.15, -0.1) is 0 Å². The minimum absolute atomic E-state index is 0.0445. The highest BCUT2D eigenvalue weighted by molar-refractivity contribution is 7.90. The van der Waals surface area contributed by atoms with E-state index in [9.17, 15) is 8.42 Å². The summed E-state index contributed by atoms with van der Waals surface area (Å²) in [6.45, 7) is 5.46. The molecule has 20 heavy (non-hydrogen) atoms. The van der Waals surface area contributed by atoms with Gasteiger partial charge in [-0.05, 0) is 32.9 Å². The number of hydrogen-bond acceptors (Lipinski definition) is 3. The number of para-hydroxylation sites is 1. The topological polar surface area (TPSA) is 99.3 Å². The molecular weight excluding hydrogens is 276 g/mol. The molecule has 0 saturated carbocycles. The van der Waals surface area contributed by atoms with Crippen molar-refractivity contribution in [2.75, 3.05) is 10.8 Å². The third-order valence-electron chi connectivity index (χ3n) is 2.35. The van der Waals surface area contributed by atoms with Crippen LogP contribution in [-0.2, 0) is 10.2 Å². The first-order valence-electron chi connectivity index (χ1n) is 6.31. The van der Waals surface area contributed by atoms with Gasteiger partial charge in [-0.3, -0.25) is 9.71 Å². The molecule has 0 aliphatic heterocycles. The standard InChI is InChI=1S/C13H22N4O2S/c1-13(2,3)16-20(18,19)17(10-9-12(14)15)11-7-5-4-6-8-11/h4-8,16H,9-10H2,1-3H3,(H3,14,15). The average molecular weight is 298 g/mol. The Morgan fingerprint density at radius 1 is 1.30 bits per heavy atom. The van der Waals surface area contributed by atoms with Crippen molar-refractivity contribution >= 4 is 21.7 Å². The second-order valence-corrected chi connectivity index (χ2v) is 7.14. The SMILES string of the molecule is CC(C)(C)NS(=O)(=O)N(CCC(=N)N)c1ccccc1. The molecule has 0 spiro atoms. The Balaban J connectivity index is 3.08. The van der Waals surface area contributed by atoms with Gasteiger partial charge < -0.3 is 5.73 Å². The summed E-state index contributed by atoms with van der Waals surface area (Å²) >= 11 is 0. The van der Waals surface area contributed by atoms with E-state index >= 15 is 0 Å². The Hall–Kier alpha value is -1.60. The Bertz CT molecular complexity index is 549. The van der Waals surface area contributed by atoms with Gasteiger partial charge in [0.05, 0.1) is 11.5 Å². The van der Waals surface area contributed by atoms with Gasteiger partial charge in [-0.1, -0.05) is 18.2 Å². The van der Waals surface area contributed by atoms with Crippen LogP contribution in [0.4, 0.5) is 5.69 Å². The lowest BCUT2D eigenvalue weighted by atomic mass is 10.1. The van der Waals surface area contributed by atoms with Gasteiger partial charge in [0.1, 0.15) is 0 Å². The number of nitrogens with one attached hydrogen (secondary N) is 2. The molecule has 1 aromatic carbocycles. The second-order valence-electron chi connectivity index (χ2n) is 5.54. The summed E-state index contributed by atoms with van der Waals surface area (Å²) in [5, 5.41) is 7.27. The number of nitrogens with zero attached hydrogens (tertiary/aromatic N) is 1. The molecule has 0 aromatic heterocycles. The lowest BCUT2D eigenvalue weighted by Gasteiger charge is -2.29. The summed E-state index contributed by atoms with van der Waals surface area (Å²) in [7, 11) is -3.70. The zero-order valence-corrected chi connectivity index (χ0v) is 12.9. The van der Waals surface area contributed by atoms with Crippen molar-refractivity contribution in [3.8, 4) is 0 Å². The first-order valence-corrected chi connectivity index (χ1v) is 7.75. The van der Waals surface area contributed by atoms with Crippen molar-refractivity contribution in [3.05, 3.63) is 30.3 Å². The normalized spacial score (nSPS) is 12.2. The highest BCUT2D eigenvalue weighted by atomic mass is 32.2. The van der Waals surface area contributed by atoms with Gasteiger partial charge in [-0.2, -0.15) is 13.1 Å². The van der Waals surface area contributed by atoms with Crippen LogP contribution in [0.15, 0.2) is 30.3 Å². The molecule has 0 fully saturated rings. The van der Waals surface area contributed by atoms with Crippen LogP contribution < -0.4 is 14.8 Å². The lowest BCUT2D eigenvalue weighted by molar-refractivity contribution is 0.489. The number of anilines is 1. The Morgan fingerprint density at radius 2 is 1.85 bits per heavy atom. The first kappa shape index (κ1) is 16.5. The summed E-state index contributed by atoms with van der Waals surface area (Å²) < 4.78 is 28.8. The van der Waals surface area contributed by atoms with Crippen LogP contribution in [0, 0.1) is 5.41 Å². The summed E-state index contributed by atoms with van der Waals surface area (Å²) in [5.41, 5.74) is 5.30. The summed E-state index contributed by atoms with van der Waals surface area (Å²) in [6, 6.07) is 8.77. The fourth-order valence-electron chi connectivity index (χ4n) is 1.65. The van der Waals surface area contributed by atoms with Crippen LogP contribution >= 0.6 is 0 Å². The van der Waals surface area contributed by atoms with Crippen molar-refractivity contribution in [1.29, 1.82) is 5.41 Å². The minimum Gasteiger partial charge on any atom is -0.388 e. The molecule has 1 aromatic rings. The molecule has 112 valence electrons. The van der Waals surface area contributed by atoms with Gasteiger partial charge >= 0.3 is 10.2 Å². The molecule has 6 nitrogen and oxygen atoms in total. The number of nitrogens with two attached hydrogens (primary N) is 1. The van der Waals surface area contributed by atoms with E-state index in [1.807, 2.05) is 6.07 Å². The summed E-state index contributed by atoms with van der Waals surface area (Å²) in [5.74, 6) is -0.0445. The molecule has 0 amide bonds. The fourth-order valence-corrected chi connectivity index (χ4v) is 3.26. The van der Waals surface area contributed by atoms with Gasteiger partial charge in [0, 0.05) is 18.5 Å². The van der Waals surface area contributed by atoms with Crippen LogP contribution in [0.3, 0.4) is 0 Å². The number of hydrogen-bond donors (Lipinski definition) is 3. The molecule has 0 unspecified atom stereocenters. The van der Waals surface area contributed by atoms with Crippen molar-refractivity contribution in [3.63, 3.8) is 0 Å². The van der Waals surface area contributed by atoms with Crippen molar-refractivity contribution in [2.24, 2.45) is 5.73 Å². The van der Waals surface area contributed by atoms with Gasteiger partial charge in [0.2, 0.25) is 0 Å². The Kier molecular flexibility index (Phi) is 5.13. The Labute approximate surface area is 120 Å². The van der Waals surface area contributed by atoms with Crippen LogP contribution in [-0.4, -0.2) is 26.3 Å². The quantitative estimate of drug-likeness (QED) is 0.547. The monoisotopic (exact) mass is 298 g/mol. The molecule has 0 aliphatic rings. The van der Waals surface area contributed by atoms with Gasteiger partial charge in [0.15, 0.2) is 0 Å². The molecular formula is C13H22N4O2S. The van der Waals surface area contributed by atoms with Crippen molar-refractivity contribution in [1.82, 2.24) is 4.72 Å². The maximum Gasteiger partial charge on any atom is 0.302 e. The van der Waals surface area contributed by atoms with E-state index in [1.54, 1.807) is 45.0 Å². The number of amidine groups is 1. The zero-order valence-electron chi connectivity index (χ0n) is 12.1. The zero-order chi connectivity index (χ0) is 15.4. The largest absolute Gasteiger partial charge is 0.388 e. The Morgan fingerprint density at radius 3 is 2.30 bits per heavy atom. The highest BCUT2D eigenvalue weighted by Gasteiger charge is 2.27. The molecule has 1 rings (SSSR count). The molecule has 0 atom stereocenters. The molecule has 0 radical (unpaired) electrons. The molecule has 0 bridgehead atoms. The predicted octanol–water partition coefficient (Wildman–Crippen LogP) is 1.45. The van der Waals surface area contributed by atoms with Crippen LogP contribution in [0.25, 0.3) is 0 Å². The molecule has 0 aliphatic carbocycles. The van der Waals surface area contributed by atoms with E-state index in [4.69, 9.17) is 11.1 Å². The van der Waals surface area contributed by atoms with E-state index in [0.29, 0.717) is 5.69 Å². The fraction of sp³-hybridized carbons (Fsp3) is 0.462. The first-order chi connectivity index (χ1) is 9.12. The molecule has 0 saturated heterocycles. The highest BCUT2D eigenvalue weighted by Crippen LogP contribution is 2.18. The number of rotatable bonds is 6. The van der Waals surface area contributed by atoms with Crippen molar-refractivity contribution < 1.29 is 8.42 Å². The van der Waals surface area contributed by atoms with Gasteiger partial charge in [-0.25, -0.2) is 0 Å². The third kappa shape index (κ3) is 5.18. The van der Waals surface area contributed by atoms with E-state index in [1.165, 1.54) is 4.31 Å². The van der Waals surface area contributed by atoms with E-state index < -0.39 is 15.7 Å². The summed E-state index contributed by atoms with van der Waals surface area (Å²) in [6.07, 6.45) is 0.181. The second kappa shape index (κ2) is 6.23. The van der Waals surface area contributed by atoms with E-state index in [-0.39, 0.29) is 18.8 Å². The van der Waals surface area contributed by atoms with Crippen LogP contribution in [0.5, 0.6) is 0 Å². The number of benzene rings is 1. The molecule has 0 heterocycles. The summed E-state index contributed by atoms with van der Waals surface area (Å²) in [4.78, 5) is 0. The van der Waals surface area contributed by atoms with Gasteiger partial charge in [0.25, 0.3) is 0 Å². The van der Waals surface area contributed by atoms with E-state index in [0.717, 1.165) is 0 Å². The molecule has 4 N–H and O–H groups in total. The lowest BCUT2D eigenvalue weighted by Crippen LogP contribution is -2.49. The van der Waals surface area contributed by atoms with Crippen molar-refractivity contribution in [2.45, 2.75) is 32.7 Å². The minimum atomic E-state index is -3.70. The third-order valence-corrected chi connectivity index (χ3v) is 4.20. The maximum atomic E-state index is 12.5. The average Bonchev–Trinajstić information content (AvgIpc) is 2.26. The maximum absolute atomic E-state index is 12.5. The predicted molar refractivity (Wildman–Crippen MR) is 82.1 cm³/mol. The van der Waals surface area contributed by atoms with Crippen LogP contribution in [0.2, 0.25) is 0 Å². The van der Waals surface area contributed by atoms with Crippen LogP contribution in [0.1, 0.15) is 27.2 Å². The smallest absolute Gasteiger partial charge is 0.302 e.